The molecule has 16 nitrogen and oxygen atoms in total. The Labute approximate surface area is 464 Å². The number of Topliss-reactive ketones (excluding diaryl/α,β-unsaturated/α-hetero) is 1. The number of rotatable bonds is 25. The number of esters is 5. The Kier molecular flexibility index (Phi) is 20.2. The fraction of sp³-hybridized carbons (Fsp3) is 0.571. The highest BCUT2D eigenvalue weighted by molar-refractivity contribution is 5.96. The molecule has 7 rings (SSSR count). The van der Waals surface area contributed by atoms with Crippen LogP contribution in [0.25, 0.3) is 0 Å². The number of carbonyl (C=O) groups excluding carboxylic acids is 7. The molecule has 428 valence electrons. The van der Waals surface area contributed by atoms with Gasteiger partial charge in [-0.25, -0.2) is 9.59 Å². The standard InChI is InChI=1S/C63H81NO15/c1-8-9-10-11-12-13-14-15-16-17-18-19-29-36-49(68)77-53(51(43-30-23-20-24-31-43)64-57(70)44-32-25-21-26-33-44)59(72)76-46-38-63(73)56(78-58(71)45-34-27-22-28-35-45)54-61(7,47(67)37-48-62(54,39-74-48)79-42(4)66)55(69)52(75-41(3)65)50(40(46)2)60(63,5)6/h20-28,30-35,46-48,51-54,56,67,73H,8-19,29,36-39H2,1-7H3,(H,64,70)/t46-,47-,48+,51-,52+,53+,54?,56-,61+,62-,63+/m0/s1. The first-order chi connectivity index (χ1) is 37.7. The Bertz CT molecular complexity index is 2660. The molecule has 1 heterocycles. The molecule has 3 aromatic rings. The van der Waals surface area contributed by atoms with Crippen molar-refractivity contribution >= 4 is 41.5 Å². The van der Waals surface area contributed by atoms with E-state index >= 15 is 9.59 Å². The third-order valence-corrected chi connectivity index (χ3v) is 17.2. The number of ether oxygens (including phenoxy) is 6. The van der Waals surface area contributed by atoms with Crippen LogP contribution >= 0.6 is 0 Å². The summed E-state index contributed by atoms with van der Waals surface area (Å²) in [6.07, 6.45) is 3.69. The third kappa shape index (κ3) is 13.0. The second-order valence-electron chi connectivity index (χ2n) is 22.8. The lowest BCUT2D eigenvalue weighted by atomic mass is 9.44. The van der Waals surface area contributed by atoms with E-state index in [1.165, 1.54) is 64.0 Å². The van der Waals surface area contributed by atoms with Crippen molar-refractivity contribution < 1.29 is 72.2 Å². The first-order valence-electron chi connectivity index (χ1n) is 28.4. The quantitative estimate of drug-likeness (QED) is 0.0311. The van der Waals surface area contributed by atoms with Crippen LogP contribution in [0.2, 0.25) is 0 Å². The predicted octanol–water partition coefficient (Wildman–Crippen LogP) is 9.77. The summed E-state index contributed by atoms with van der Waals surface area (Å²) in [7, 11) is 0. The molecule has 1 aliphatic heterocycles. The van der Waals surface area contributed by atoms with Gasteiger partial charge in [0.25, 0.3) is 5.91 Å². The van der Waals surface area contributed by atoms with E-state index in [2.05, 4.69) is 12.2 Å². The average Bonchev–Trinajstić information content (AvgIpc) is 2.48. The molecule has 3 N–H and O–H groups in total. The van der Waals surface area contributed by atoms with Crippen molar-refractivity contribution in [1.82, 2.24) is 5.32 Å². The third-order valence-electron chi connectivity index (χ3n) is 17.2. The van der Waals surface area contributed by atoms with Crippen molar-refractivity contribution in [2.75, 3.05) is 6.61 Å². The van der Waals surface area contributed by atoms with Gasteiger partial charge >= 0.3 is 29.8 Å². The summed E-state index contributed by atoms with van der Waals surface area (Å²) < 4.78 is 37.3. The Morgan fingerprint density at radius 3 is 1.80 bits per heavy atom. The summed E-state index contributed by atoms with van der Waals surface area (Å²) in [5.74, 6) is -7.51. The molecule has 11 atom stereocenters. The Morgan fingerprint density at radius 1 is 0.722 bits per heavy atom. The minimum Gasteiger partial charge on any atom is -0.455 e. The SMILES string of the molecule is CCCCCCCCCCCCCCCC(=O)O[C@@H](C(=O)O[C@H]1C[C@@]2(O)[C@@H](OC(=O)c3ccccc3)C3[C@](C)(C(=O)[C@H](OC(C)=O)C(=C1C)C2(C)C)[C@@H](O)C[C@H]1OC[C@@]31OC(C)=O)[C@@H](NC(=O)c1ccccc1)c1ccccc1. The Balaban J connectivity index is 1.27. The topological polar surface area (TPSA) is 227 Å². The van der Waals surface area contributed by atoms with Crippen LogP contribution in [0.1, 0.15) is 184 Å². The van der Waals surface area contributed by atoms with Crippen molar-refractivity contribution in [3.05, 3.63) is 119 Å². The minimum atomic E-state index is -2.44. The summed E-state index contributed by atoms with van der Waals surface area (Å²) in [6, 6.07) is 23.4. The highest BCUT2D eigenvalue weighted by Crippen LogP contribution is 2.64. The van der Waals surface area contributed by atoms with Crippen molar-refractivity contribution in [2.45, 2.75) is 205 Å². The van der Waals surface area contributed by atoms with E-state index in [9.17, 15) is 34.2 Å². The van der Waals surface area contributed by atoms with Gasteiger partial charge in [0.05, 0.1) is 29.6 Å². The molecule has 3 fully saturated rings. The van der Waals surface area contributed by atoms with Gasteiger partial charge in [-0.3, -0.25) is 24.0 Å². The van der Waals surface area contributed by atoms with Gasteiger partial charge < -0.3 is 44.0 Å². The van der Waals surface area contributed by atoms with Gasteiger partial charge in [0.1, 0.15) is 30.0 Å². The maximum absolute atomic E-state index is 15.8. The maximum Gasteiger partial charge on any atom is 0.350 e. The van der Waals surface area contributed by atoms with Gasteiger partial charge in [0.2, 0.25) is 6.10 Å². The molecule has 79 heavy (non-hydrogen) atoms. The van der Waals surface area contributed by atoms with Gasteiger partial charge in [0, 0.05) is 44.1 Å². The molecule has 16 heteroatoms. The first-order valence-corrected chi connectivity index (χ1v) is 28.4. The van der Waals surface area contributed by atoms with Gasteiger partial charge in [-0.15, -0.1) is 0 Å². The molecule has 1 unspecified atom stereocenters. The number of fused-ring (bicyclic) bond motifs is 5. The highest BCUT2D eigenvalue weighted by Gasteiger charge is 2.78. The monoisotopic (exact) mass is 1090 g/mol. The number of aliphatic hydroxyl groups is 2. The summed E-state index contributed by atoms with van der Waals surface area (Å²) in [4.78, 5) is 100. The molecule has 0 spiro atoms. The number of ketones is 1. The fourth-order valence-corrected chi connectivity index (χ4v) is 12.8. The largest absolute Gasteiger partial charge is 0.455 e. The molecule has 3 aromatic carbocycles. The van der Waals surface area contributed by atoms with E-state index in [1.807, 2.05) is 0 Å². The van der Waals surface area contributed by atoms with E-state index < -0.39 is 119 Å². The normalized spacial score (nSPS) is 27.5. The van der Waals surface area contributed by atoms with Crippen molar-refractivity contribution in [1.29, 1.82) is 0 Å². The number of benzene rings is 3. The first kappa shape index (κ1) is 60.4. The Hall–Kier alpha value is -6.23. The van der Waals surface area contributed by atoms with E-state index in [4.69, 9.17) is 28.4 Å². The van der Waals surface area contributed by atoms with Gasteiger partial charge in [0.15, 0.2) is 17.5 Å². The van der Waals surface area contributed by atoms with E-state index in [0.717, 1.165) is 46.0 Å². The molecule has 0 radical (unpaired) electrons. The molecular weight excluding hydrogens is 1010 g/mol. The number of hydrogen-bond donors (Lipinski definition) is 3. The Morgan fingerprint density at radius 2 is 1.27 bits per heavy atom. The second kappa shape index (κ2) is 26.4. The van der Waals surface area contributed by atoms with E-state index in [1.54, 1.807) is 99.6 Å². The van der Waals surface area contributed by atoms with Crippen molar-refractivity contribution in [3.8, 4) is 0 Å². The van der Waals surface area contributed by atoms with Crippen LogP contribution in [-0.4, -0.2) is 106 Å². The van der Waals surface area contributed by atoms with Crippen LogP contribution < -0.4 is 5.32 Å². The van der Waals surface area contributed by atoms with Crippen LogP contribution in [0, 0.1) is 16.7 Å². The van der Waals surface area contributed by atoms with E-state index in [-0.39, 0.29) is 41.7 Å². The second-order valence-corrected chi connectivity index (χ2v) is 22.8. The maximum atomic E-state index is 15.8. The van der Waals surface area contributed by atoms with Crippen molar-refractivity contribution in [2.24, 2.45) is 16.7 Å². The molecule has 3 aliphatic carbocycles. The van der Waals surface area contributed by atoms with Crippen LogP contribution in [0.4, 0.5) is 0 Å². The summed E-state index contributed by atoms with van der Waals surface area (Å²) in [5, 5.41) is 29.2. The zero-order valence-corrected chi connectivity index (χ0v) is 47.0. The lowest BCUT2D eigenvalue weighted by Gasteiger charge is -2.67. The van der Waals surface area contributed by atoms with Crippen LogP contribution in [0.3, 0.4) is 0 Å². The fourth-order valence-electron chi connectivity index (χ4n) is 12.8. The number of nitrogens with one attached hydrogen (secondary N) is 1. The highest BCUT2D eigenvalue weighted by atomic mass is 16.6. The summed E-state index contributed by atoms with van der Waals surface area (Å²) >= 11 is 0. The molecule has 1 amide bonds. The molecular formula is C63H81NO15. The lowest BCUT2D eigenvalue weighted by Crippen LogP contribution is -2.82. The van der Waals surface area contributed by atoms with Crippen LogP contribution in [0.5, 0.6) is 0 Å². The lowest BCUT2D eigenvalue weighted by molar-refractivity contribution is -0.346. The molecule has 2 saturated carbocycles. The average molecular weight is 1090 g/mol. The van der Waals surface area contributed by atoms with Gasteiger partial charge in [-0.1, -0.05) is 165 Å². The number of hydrogen-bond acceptors (Lipinski definition) is 15. The van der Waals surface area contributed by atoms with Crippen LogP contribution in [0.15, 0.2) is 102 Å². The predicted molar refractivity (Wildman–Crippen MR) is 292 cm³/mol. The number of aliphatic hydroxyl groups excluding tert-OH is 1. The molecule has 1 saturated heterocycles. The van der Waals surface area contributed by atoms with Gasteiger partial charge in [-0.05, 0) is 61.2 Å². The van der Waals surface area contributed by atoms with Crippen molar-refractivity contribution in [3.63, 3.8) is 0 Å². The minimum absolute atomic E-state index is 0.00616. The smallest absolute Gasteiger partial charge is 0.350 e. The molecule has 0 aromatic heterocycles. The number of unbranched alkanes of at least 4 members (excludes halogenated alkanes) is 12. The summed E-state index contributed by atoms with van der Waals surface area (Å²) in [6.45, 7) is 10.3. The molecule has 2 bridgehead atoms. The number of amides is 1. The molecule has 4 aliphatic rings. The van der Waals surface area contributed by atoms with Gasteiger partial charge in [-0.2, -0.15) is 0 Å². The zero-order valence-electron chi connectivity index (χ0n) is 47.0. The van der Waals surface area contributed by atoms with E-state index in [0.29, 0.717) is 12.0 Å². The zero-order chi connectivity index (χ0) is 57.1. The summed E-state index contributed by atoms with van der Waals surface area (Å²) in [5.41, 5.74) is -7.15. The van der Waals surface area contributed by atoms with Crippen LogP contribution in [-0.2, 0) is 52.4 Å². The number of carbonyl (C=O) groups is 7.